The van der Waals surface area contributed by atoms with Crippen LogP contribution in [-0.4, -0.2) is 42.0 Å². The molecular weight excluding hydrogens is 414 g/mol. The predicted octanol–water partition coefficient (Wildman–Crippen LogP) is 2.00. The Kier molecular flexibility index (Phi) is 6.27. The van der Waals surface area contributed by atoms with E-state index in [1.165, 1.54) is 24.9 Å². The first kappa shape index (κ1) is 21.6. The van der Waals surface area contributed by atoms with Gasteiger partial charge in [-0.05, 0) is 31.0 Å². The highest BCUT2D eigenvalue weighted by atomic mass is 16.5. The van der Waals surface area contributed by atoms with E-state index in [4.69, 9.17) is 14.2 Å². The number of para-hydroxylation sites is 1. The molecule has 3 aromatic rings. The topological polar surface area (TPSA) is 101 Å². The van der Waals surface area contributed by atoms with Crippen molar-refractivity contribution in [3.8, 4) is 11.5 Å². The number of ether oxygens (including phenoxy) is 3. The summed E-state index contributed by atoms with van der Waals surface area (Å²) < 4.78 is 18.7. The number of hydrogen-bond donors (Lipinski definition) is 1. The highest BCUT2D eigenvalue weighted by Gasteiger charge is 2.22. The maximum absolute atomic E-state index is 13.4. The molecule has 0 spiro atoms. The zero-order chi connectivity index (χ0) is 22.7. The van der Waals surface area contributed by atoms with Crippen LogP contribution in [-0.2, 0) is 22.6 Å². The summed E-state index contributed by atoms with van der Waals surface area (Å²) in [6.45, 7) is 0.458. The van der Waals surface area contributed by atoms with Crippen LogP contribution in [0, 0.1) is 0 Å². The SMILES string of the molecule is COc1cc2c(=O)n(C[C@H]3CCCO3)c(=O)n(CC(=O)Nc3ccccc3)c2cc1OC. The average Bonchev–Trinajstić information content (AvgIpc) is 3.32. The van der Waals surface area contributed by atoms with Crippen molar-refractivity contribution in [2.45, 2.75) is 32.0 Å². The monoisotopic (exact) mass is 439 g/mol. The summed E-state index contributed by atoms with van der Waals surface area (Å²) in [7, 11) is 2.94. The number of carbonyl (C=O) groups excluding carboxylic acids is 1. The summed E-state index contributed by atoms with van der Waals surface area (Å²) in [4.78, 5) is 39.3. The van der Waals surface area contributed by atoms with E-state index in [2.05, 4.69) is 5.32 Å². The smallest absolute Gasteiger partial charge is 0.332 e. The Morgan fingerprint density at radius 3 is 2.47 bits per heavy atom. The molecule has 168 valence electrons. The van der Waals surface area contributed by atoms with Gasteiger partial charge in [0.2, 0.25) is 5.91 Å². The van der Waals surface area contributed by atoms with Crippen molar-refractivity contribution in [3.63, 3.8) is 0 Å². The lowest BCUT2D eigenvalue weighted by molar-refractivity contribution is -0.116. The third-order valence-electron chi connectivity index (χ3n) is 5.50. The molecule has 1 aromatic heterocycles. The molecule has 1 saturated heterocycles. The summed E-state index contributed by atoms with van der Waals surface area (Å²) in [6, 6.07) is 12.0. The molecule has 2 heterocycles. The quantitative estimate of drug-likeness (QED) is 0.604. The molecule has 9 heteroatoms. The van der Waals surface area contributed by atoms with Gasteiger partial charge in [0.05, 0.1) is 37.8 Å². The standard InChI is InChI=1S/C23H25N3O6/c1-30-19-11-17-18(12-20(19)31-2)25(14-21(27)24-15-7-4-3-5-8-15)23(29)26(22(17)28)13-16-9-6-10-32-16/h3-5,7-8,11-12,16H,6,9-10,13-14H2,1-2H3,(H,24,27)/t16-/m1/s1. The van der Waals surface area contributed by atoms with Gasteiger partial charge >= 0.3 is 5.69 Å². The van der Waals surface area contributed by atoms with E-state index in [0.717, 1.165) is 17.4 Å². The first-order chi connectivity index (χ1) is 15.5. The Hall–Kier alpha value is -3.59. The van der Waals surface area contributed by atoms with Crippen LogP contribution in [0.2, 0.25) is 0 Å². The summed E-state index contributed by atoms with van der Waals surface area (Å²) in [5, 5.41) is 3.03. The first-order valence-corrected chi connectivity index (χ1v) is 10.4. The predicted molar refractivity (Wildman–Crippen MR) is 120 cm³/mol. The molecule has 0 saturated carbocycles. The molecule has 1 amide bonds. The average molecular weight is 439 g/mol. The van der Waals surface area contributed by atoms with E-state index in [9.17, 15) is 14.4 Å². The van der Waals surface area contributed by atoms with Crippen LogP contribution in [0.5, 0.6) is 11.5 Å². The highest BCUT2D eigenvalue weighted by Crippen LogP contribution is 2.30. The summed E-state index contributed by atoms with van der Waals surface area (Å²) in [5.41, 5.74) is -0.124. The first-order valence-electron chi connectivity index (χ1n) is 10.4. The lowest BCUT2D eigenvalue weighted by Gasteiger charge is -2.18. The molecule has 0 radical (unpaired) electrons. The largest absolute Gasteiger partial charge is 0.493 e. The normalized spacial score (nSPS) is 15.6. The number of rotatable bonds is 7. The zero-order valence-electron chi connectivity index (χ0n) is 18.0. The van der Waals surface area contributed by atoms with Gasteiger partial charge in [-0.3, -0.25) is 18.7 Å². The zero-order valence-corrected chi connectivity index (χ0v) is 18.0. The molecular formula is C23H25N3O6. The van der Waals surface area contributed by atoms with Gasteiger partial charge in [0.15, 0.2) is 11.5 Å². The fourth-order valence-electron chi connectivity index (χ4n) is 3.92. The maximum Gasteiger partial charge on any atom is 0.332 e. The maximum atomic E-state index is 13.4. The highest BCUT2D eigenvalue weighted by molar-refractivity contribution is 5.92. The van der Waals surface area contributed by atoms with Crippen molar-refractivity contribution >= 4 is 22.5 Å². The van der Waals surface area contributed by atoms with Gasteiger partial charge in [-0.15, -0.1) is 0 Å². The molecule has 1 atom stereocenters. The van der Waals surface area contributed by atoms with Gasteiger partial charge < -0.3 is 19.5 Å². The third kappa shape index (κ3) is 4.24. The van der Waals surface area contributed by atoms with Gasteiger partial charge in [0.1, 0.15) is 6.54 Å². The number of anilines is 1. The van der Waals surface area contributed by atoms with E-state index in [-0.39, 0.29) is 24.6 Å². The summed E-state index contributed by atoms with van der Waals surface area (Å²) >= 11 is 0. The minimum Gasteiger partial charge on any atom is -0.493 e. The molecule has 32 heavy (non-hydrogen) atoms. The number of nitrogens with zero attached hydrogens (tertiary/aromatic N) is 2. The van der Waals surface area contributed by atoms with E-state index in [1.807, 2.05) is 6.07 Å². The number of carbonyl (C=O) groups is 1. The van der Waals surface area contributed by atoms with Crippen LogP contribution in [0.1, 0.15) is 12.8 Å². The van der Waals surface area contributed by atoms with Crippen LogP contribution in [0.15, 0.2) is 52.1 Å². The number of nitrogens with one attached hydrogen (secondary N) is 1. The van der Waals surface area contributed by atoms with Gasteiger partial charge in [0.25, 0.3) is 5.56 Å². The van der Waals surface area contributed by atoms with Crippen LogP contribution in [0.4, 0.5) is 5.69 Å². The van der Waals surface area contributed by atoms with Crippen molar-refractivity contribution in [2.75, 3.05) is 26.1 Å². The lowest BCUT2D eigenvalue weighted by Crippen LogP contribution is -2.43. The Morgan fingerprint density at radius 1 is 1.09 bits per heavy atom. The van der Waals surface area contributed by atoms with E-state index in [0.29, 0.717) is 29.3 Å². The van der Waals surface area contributed by atoms with Crippen molar-refractivity contribution < 1.29 is 19.0 Å². The van der Waals surface area contributed by atoms with Crippen molar-refractivity contribution in [1.29, 1.82) is 0 Å². The second-order valence-corrected chi connectivity index (χ2v) is 7.56. The lowest BCUT2D eigenvalue weighted by atomic mass is 10.2. The van der Waals surface area contributed by atoms with Gasteiger partial charge in [-0.25, -0.2) is 4.79 Å². The molecule has 1 aliphatic heterocycles. The van der Waals surface area contributed by atoms with Gasteiger partial charge in [-0.1, -0.05) is 18.2 Å². The van der Waals surface area contributed by atoms with Gasteiger partial charge in [0, 0.05) is 18.4 Å². The minimum absolute atomic E-state index is 0.127. The fourth-order valence-corrected chi connectivity index (χ4v) is 3.92. The van der Waals surface area contributed by atoms with Crippen LogP contribution >= 0.6 is 0 Å². The Balaban J connectivity index is 1.83. The molecule has 1 fully saturated rings. The van der Waals surface area contributed by atoms with Crippen molar-refractivity contribution in [3.05, 3.63) is 63.3 Å². The summed E-state index contributed by atoms with van der Waals surface area (Å²) in [5.74, 6) is 0.323. The number of methoxy groups -OCH3 is 2. The molecule has 4 rings (SSSR count). The number of amides is 1. The van der Waals surface area contributed by atoms with Crippen molar-refractivity contribution in [2.24, 2.45) is 0 Å². The third-order valence-corrected chi connectivity index (χ3v) is 5.50. The molecule has 0 aliphatic carbocycles. The van der Waals surface area contributed by atoms with Crippen LogP contribution in [0.25, 0.3) is 10.9 Å². The second kappa shape index (κ2) is 9.27. The number of fused-ring (bicyclic) bond motifs is 1. The molecule has 9 nitrogen and oxygen atoms in total. The van der Waals surface area contributed by atoms with E-state index < -0.39 is 17.2 Å². The molecule has 1 N–H and O–H groups in total. The van der Waals surface area contributed by atoms with Crippen molar-refractivity contribution in [1.82, 2.24) is 9.13 Å². The van der Waals surface area contributed by atoms with E-state index in [1.54, 1.807) is 30.3 Å². The Morgan fingerprint density at radius 2 is 1.81 bits per heavy atom. The fraction of sp³-hybridized carbons (Fsp3) is 0.348. The number of hydrogen-bond acceptors (Lipinski definition) is 6. The molecule has 0 bridgehead atoms. The van der Waals surface area contributed by atoms with Crippen LogP contribution in [0.3, 0.4) is 0 Å². The van der Waals surface area contributed by atoms with Crippen LogP contribution < -0.4 is 26.0 Å². The van der Waals surface area contributed by atoms with E-state index >= 15 is 0 Å². The molecule has 1 aliphatic rings. The second-order valence-electron chi connectivity index (χ2n) is 7.56. The number of aromatic nitrogens is 2. The summed E-state index contributed by atoms with van der Waals surface area (Å²) in [6.07, 6.45) is 1.43. The molecule has 2 aromatic carbocycles. The minimum atomic E-state index is -0.576. The molecule has 0 unspecified atom stereocenters. The van der Waals surface area contributed by atoms with Gasteiger partial charge in [-0.2, -0.15) is 0 Å². The Bertz CT molecular complexity index is 1240. The Labute approximate surface area is 184 Å². The number of benzene rings is 2.